The molecule has 0 bridgehead atoms. The molecule has 1 aromatic rings. The zero-order valence-corrected chi connectivity index (χ0v) is 13.2. The van der Waals surface area contributed by atoms with Crippen LogP contribution in [-0.4, -0.2) is 0 Å². The van der Waals surface area contributed by atoms with Gasteiger partial charge in [-0.3, -0.25) is 11.3 Å². The average molecular weight is 358 g/mol. The number of benzene rings is 1. The van der Waals surface area contributed by atoms with Crippen LogP contribution in [0.25, 0.3) is 0 Å². The van der Waals surface area contributed by atoms with Crippen molar-refractivity contribution >= 4 is 22.6 Å². The van der Waals surface area contributed by atoms with Gasteiger partial charge in [0.15, 0.2) is 0 Å². The Morgan fingerprint density at radius 3 is 2.94 bits per heavy atom. The normalized spacial score (nSPS) is 25.9. The van der Waals surface area contributed by atoms with Crippen molar-refractivity contribution < 1.29 is 0 Å². The maximum atomic E-state index is 5.82. The van der Waals surface area contributed by atoms with Crippen LogP contribution in [0.5, 0.6) is 0 Å². The van der Waals surface area contributed by atoms with Crippen LogP contribution in [0.3, 0.4) is 0 Å². The number of nitrogens with two attached hydrogens (primary N) is 1. The van der Waals surface area contributed by atoms with Crippen molar-refractivity contribution in [2.75, 3.05) is 0 Å². The summed E-state index contributed by atoms with van der Waals surface area (Å²) in [6, 6.07) is 9.02. The summed E-state index contributed by atoms with van der Waals surface area (Å²) in [6.07, 6.45) is 6.68. The van der Waals surface area contributed by atoms with Gasteiger partial charge in [0.25, 0.3) is 0 Å². The Morgan fingerprint density at radius 2 is 2.28 bits per heavy atom. The molecule has 2 rings (SSSR count). The van der Waals surface area contributed by atoms with Crippen molar-refractivity contribution in [2.24, 2.45) is 17.7 Å². The van der Waals surface area contributed by atoms with Crippen LogP contribution in [0.2, 0.25) is 0 Å². The molecule has 0 heterocycles. The molecule has 100 valence electrons. The van der Waals surface area contributed by atoms with Gasteiger partial charge in [0.05, 0.1) is 0 Å². The predicted molar refractivity (Wildman–Crippen MR) is 85.0 cm³/mol. The Kier molecular flexibility index (Phi) is 5.45. The Morgan fingerprint density at radius 1 is 1.44 bits per heavy atom. The molecule has 1 aliphatic rings. The summed E-state index contributed by atoms with van der Waals surface area (Å²) >= 11 is 2.37. The molecule has 3 N–H and O–H groups in total. The first-order chi connectivity index (χ1) is 8.74. The van der Waals surface area contributed by atoms with E-state index in [4.69, 9.17) is 5.84 Å². The summed E-state index contributed by atoms with van der Waals surface area (Å²) in [6.45, 7) is 2.31. The van der Waals surface area contributed by atoms with Crippen molar-refractivity contribution in [3.63, 3.8) is 0 Å². The first kappa shape index (κ1) is 14.3. The van der Waals surface area contributed by atoms with E-state index in [0.717, 1.165) is 5.92 Å². The third-order valence-electron chi connectivity index (χ3n) is 4.26. The third kappa shape index (κ3) is 3.45. The molecule has 1 aliphatic carbocycles. The van der Waals surface area contributed by atoms with Crippen LogP contribution in [0.1, 0.15) is 50.6 Å². The van der Waals surface area contributed by atoms with Gasteiger partial charge in [0.2, 0.25) is 0 Å². The van der Waals surface area contributed by atoms with E-state index in [-0.39, 0.29) is 0 Å². The molecule has 0 radical (unpaired) electrons. The van der Waals surface area contributed by atoms with Crippen molar-refractivity contribution in [3.05, 3.63) is 33.4 Å². The number of halogens is 1. The van der Waals surface area contributed by atoms with Crippen molar-refractivity contribution in [3.8, 4) is 0 Å². The van der Waals surface area contributed by atoms with Gasteiger partial charge in [-0.25, -0.2) is 0 Å². The zero-order valence-electron chi connectivity index (χ0n) is 11.0. The summed E-state index contributed by atoms with van der Waals surface area (Å²) in [5.74, 6) is 7.40. The number of nitrogens with one attached hydrogen (secondary N) is 1. The van der Waals surface area contributed by atoms with E-state index >= 15 is 0 Å². The molecule has 1 aromatic carbocycles. The lowest BCUT2D eigenvalue weighted by Gasteiger charge is -2.34. The second kappa shape index (κ2) is 6.87. The van der Waals surface area contributed by atoms with Gasteiger partial charge >= 0.3 is 0 Å². The number of hydrogen-bond donors (Lipinski definition) is 2. The molecule has 0 saturated heterocycles. The summed E-state index contributed by atoms with van der Waals surface area (Å²) in [7, 11) is 0. The molecule has 2 nitrogen and oxygen atoms in total. The average Bonchev–Trinajstić information content (AvgIpc) is 2.40. The minimum Gasteiger partial charge on any atom is -0.271 e. The fraction of sp³-hybridized carbons (Fsp3) is 0.600. The van der Waals surface area contributed by atoms with Crippen LogP contribution >= 0.6 is 22.6 Å². The van der Waals surface area contributed by atoms with Crippen LogP contribution in [-0.2, 0) is 0 Å². The number of hydrogen-bond acceptors (Lipinski definition) is 2. The Hall–Kier alpha value is -0.130. The SMILES string of the molecule is CCC1CCCC(C(NN)c2cccc(I)c2)C1. The van der Waals surface area contributed by atoms with Crippen molar-refractivity contribution in [1.82, 2.24) is 5.43 Å². The molecular weight excluding hydrogens is 335 g/mol. The Balaban J connectivity index is 2.12. The molecule has 0 spiro atoms. The molecule has 3 unspecified atom stereocenters. The van der Waals surface area contributed by atoms with Gasteiger partial charge in [-0.1, -0.05) is 38.3 Å². The van der Waals surface area contributed by atoms with E-state index in [1.54, 1.807) is 0 Å². The highest BCUT2D eigenvalue weighted by Crippen LogP contribution is 2.38. The molecular formula is C15H23IN2. The third-order valence-corrected chi connectivity index (χ3v) is 4.93. The molecule has 1 saturated carbocycles. The second-order valence-electron chi connectivity index (χ2n) is 5.40. The van der Waals surface area contributed by atoms with E-state index in [9.17, 15) is 0 Å². The second-order valence-corrected chi connectivity index (χ2v) is 6.65. The maximum Gasteiger partial charge on any atom is 0.0488 e. The fourth-order valence-electron chi connectivity index (χ4n) is 3.21. The largest absolute Gasteiger partial charge is 0.271 e. The van der Waals surface area contributed by atoms with Crippen LogP contribution < -0.4 is 11.3 Å². The highest BCUT2D eigenvalue weighted by atomic mass is 127. The van der Waals surface area contributed by atoms with Gasteiger partial charge in [0.1, 0.15) is 0 Å². The van der Waals surface area contributed by atoms with E-state index in [2.05, 4.69) is 59.2 Å². The summed E-state index contributed by atoms with van der Waals surface area (Å²) in [5.41, 5.74) is 4.40. The van der Waals surface area contributed by atoms with Gasteiger partial charge in [-0.2, -0.15) is 0 Å². The summed E-state index contributed by atoms with van der Waals surface area (Å²) in [4.78, 5) is 0. The van der Waals surface area contributed by atoms with Gasteiger partial charge in [0, 0.05) is 9.61 Å². The Bertz CT molecular complexity index is 381. The molecule has 0 aromatic heterocycles. The minimum absolute atomic E-state index is 0.314. The zero-order chi connectivity index (χ0) is 13.0. The van der Waals surface area contributed by atoms with Gasteiger partial charge < -0.3 is 0 Å². The standard InChI is InChI=1S/C15H23IN2/c1-2-11-5-3-6-12(9-11)15(18-17)13-7-4-8-14(16)10-13/h4,7-8,10-12,15,18H,2-3,5-6,9,17H2,1H3. The maximum absolute atomic E-state index is 5.82. The van der Waals surface area contributed by atoms with Crippen LogP contribution in [0.4, 0.5) is 0 Å². The van der Waals surface area contributed by atoms with Gasteiger partial charge in [-0.15, -0.1) is 0 Å². The quantitative estimate of drug-likeness (QED) is 0.485. The predicted octanol–water partition coefficient (Wildman–Crippen LogP) is 4.01. The molecule has 3 atom stereocenters. The van der Waals surface area contributed by atoms with E-state index < -0.39 is 0 Å². The van der Waals surface area contributed by atoms with E-state index in [0.29, 0.717) is 12.0 Å². The summed E-state index contributed by atoms with van der Waals surface area (Å²) < 4.78 is 1.29. The first-order valence-electron chi connectivity index (χ1n) is 6.96. The van der Waals surface area contributed by atoms with Crippen LogP contribution in [0, 0.1) is 15.4 Å². The Labute approximate surface area is 124 Å². The number of rotatable bonds is 4. The number of hydrazine groups is 1. The molecule has 3 heteroatoms. The van der Waals surface area contributed by atoms with E-state index in [1.807, 2.05) is 0 Å². The van der Waals surface area contributed by atoms with Crippen LogP contribution in [0.15, 0.2) is 24.3 Å². The smallest absolute Gasteiger partial charge is 0.0488 e. The topological polar surface area (TPSA) is 38.0 Å². The lowest BCUT2D eigenvalue weighted by molar-refractivity contribution is 0.210. The first-order valence-corrected chi connectivity index (χ1v) is 8.04. The fourth-order valence-corrected chi connectivity index (χ4v) is 3.78. The van der Waals surface area contributed by atoms with Gasteiger partial charge in [-0.05, 0) is 65.0 Å². The van der Waals surface area contributed by atoms with Crippen molar-refractivity contribution in [1.29, 1.82) is 0 Å². The summed E-state index contributed by atoms with van der Waals surface area (Å²) in [5, 5.41) is 0. The molecule has 0 aliphatic heterocycles. The monoisotopic (exact) mass is 358 g/mol. The van der Waals surface area contributed by atoms with Crippen molar-refractivity contribution in [2.45, 2.75) is 45.1 Å². The molecule has 0 amide bonds. The molecule has 1 fully saturated rings. The minimum atomic E-state index is 0.314. The van der Waals surface area contributed by atoms with E-state index in [1.165, 1.54) is 41.2 Å². The lowest BCUT2D eigenvalue weighted by Crippen LogP contribution is -2.35. The highest BCUT2D eigenvalue weighted by Gasteiger charge is 2.28. The molecule has 18 heavy (non-hydrogen) atoms. The highest BCUT2D eigenvalue weighted by molar-refractivity contribution is 14.1. The lowest BCUT2D eigenvalue weighted by atomic mass is 9.75.